The van der Waals surface area contributed by atoms with Gasteiger partial charge in [-0.1, -0.05) is 68.4 Å². The maximum Gasteiger partial charge on any atom is 0.277 e. The summed E-state index contributed by atoms with van der Waals surface area (Å²) in [5.41, 5.74) is 5.67. The Morgan fingerprint density at radius 2 is 1.74 bits per heavy atom. The van der Waals surface area contributed by atoms with Gasteiger partial charge in [0.2, 0.25) is 0 Å². The summed E-state index contributed by atoms with van der Waals surface area (Å²) in [6, 6.07) is 25.3. The lowest BCUT2D eigenvalue weighted by molar-refractivity contribution is -0.123. The van der Waals surface area contributed by atoms with Crippen molar-refractivity contribution in [3.63, 3.8) is 0 Å². The fourth-order valence-electron chi connectivity index (χ4n) is 2.91. The lowest BCUT2D eigenvalue weighted by Crippen LogP contribution is -2.24. The van der Waals surface area contributed by atoms with Gasteiger partial charge in [-0.25, -0.2) is 5.43 Å². The van der Waals surface area contributed by atoms with Crippen LogP contribution < -0.4 is 14.9 Å². The van der Waals surface area contributed by atoms with Crippen molar-refractivity contribution in [2.45, 2.75) is 32.8 Å². The summed E-state index contributed by atoms with van der Waals surface area (Å²) in [5.74, 6) is 1.59. The number of nitrogens with one attached hydrogen (secondary N) is 1. The van der Waals surface area contributed by atoms with Gasteiger partial charge in [-0.05, 0) is 53.3 Å². The first kappa shape index (κ1) is 22.1. The van der Waals surface area contributed by atoms with Crippen molar-refractivity contribution in [3.8, 4) is 11.5 Å². The number of hydrogen-bond acceptors (Lipinski definition) is 4. The van der Waals surface area contributed by atoms with E-state index in [0.29, 0.717) is 18.3 Å². The molecule has 0 radical (unpaired) electrons. The van der Waals surface area contributed by atoms with Crippen LogP contribution in [-0.2, 0) is 11.4 Å². The number of benzene rings is 3. The van der Waals surface area contributed by atoms with Crippen LogP contribution in [-0.4, -0.2) is 18.7 Å². The molecule has 0 saturated heterocycles. The molecule has 160 valence electrons. The Hall–Kier alpha value is -3.60. The zero-order valence-corrected chi connectivity index (χ0v) is 18.0. The van der Waals surface area contributed by atoms with E-state index in [0.717, 1.165) is 23.3 Å². The second-order valence-corrected chi connectivity index (χ2v) is 7.31. The van der Waals surface area contributed by atoms with Crippen molar-refractivity contribution in [1.82, 2.24) is 5.43 Å². The molecule has 1 amide bonds. The van der Waals surface area contributed by atoms with E-state index < -0.39 is 0 Å². The normalized spacial score (nSPS) is 11.8. The Kier molecular flexibility index (Phi) is 8.23. The Morgan fingerprint density at radius 3 is 2.48 bits per heavy atom. The number of hydrazone groups is 1. The molecule has 0 unspecified atom stereocenters. The van der Waals surface area contributed by atoms with E-state index in [-0.39, 0.29) is 12.5 Å². The largest absolute Gasteiger partial charge is 0.489 e. The summed E-state index contributed by atoms with van der Waals surface area (Å²) in [6.45, 7) is 4.74. The molecule has 0 heterocycles. The predicted octanol–water partition coefficient (Wildman–Crippen LogP) is 5.31. The van der Waals surface area contributed by atoms with Gasteiger partial charge in [-0.3, -0.25) is 4.79 Å². The summed E-state index contributed by atoms with van der Waals surface area (Å²) >= 11 is 0. The average Bonchev–Trinajstić information content (AvgIpc) is 2.82. The maximum absolute atomic E-state index is 12.0. The first-order chi connectivity index (χ1) is 15.1. The maximum atomic E-state index is 12.0. The molecule has 1 N–H and O–H groups in total. The molecule has 3 aromatic carbocycles. The van der Waals surface area contributed by atoms with E-state index in [1.165, 1.54) is 5.56 Å². The molecule has 0 aliphatic heterocycles. The Labute approximate surface area is 183 Å². The number of ether oxygens (including phenoxy) is 2. The van der Waals surface area contributed by atoms with Gasteiger partial charge in [-0.2, -0.15) is 5.10 Å². The van der Waals surface area contributed by atoms with Crippen LogP contribution in [0.1, 0.15) is 42.9 Å². The van der Waals surface area contributed by atoms with Gasteiger partial charge in [0.05, 0.1) is 6.21 Å². The summed E-state index contributed by atoms with van der Waals surface area (Å²) in [6.07, 6.45) is 2.66. The standard InChI is InChI=1S/C26H28N2O3/c1-3-20(2)23-12-14-24(15-13-23)31-19-26(29)28-27-17-22-10-7-11-25(16-22)30-18-21-8-5-4-6-9-21/h4-17,20H,3,18-19H2,1-2H3,(H,28,29)/b27-17-/t20-/m0/s1. The van der Waals surface area contributed by atoms with Crippen molar-refractivity contribution in [2.24, 2.45) is 5.10 Å². The molecule has 3 rings (SSSR count). The molecular formula is C26H28N2O3. The van der Waals surface area contributed by atoms with Crippen LogP contribution in [0.2, 0.25) is 0 Å². The summed E-state index contributed by atoms with van der Waals surface area (Å²) < 4.78 is 11.3. The van der Waals surface area contributed by atoms with Gasteiger partial charge in [-0.15, -0.1) is 0 Å². The molecule has 0 aromatic heterocycles. The number of rotatable bonds is 10. The van der Waals surface area contributed by atoms with E-state index >= 15 is 0 Å². The highest BCUT2D eigenvalue weighted by Crippen LogP contribution is 2.21. The number of carbonyl (C=O) groups is 1. The molecule has 1 atom stereocenters. The highest BCUT2D eigenvalue weighted by molar-refractivity contribution is 5.83. The van der Waals surface area contributed by atoms with Crippen molar-refractivity contribution >= 4 is 12.1 Å². The Balaban J connectivity index is 1.44. The zero-order valence-electron chi connectivity index (χ0n) is 18.0. The molecule has 0 saturated carbocycles. The molecule has 5 nitrogen and oxygen atoms in total. The molecule has 3 aromatic rings. The minimum Gasteiger partial charge on any atom is -0.489 e. The minimum atomic E-state index is -0.321. The quantitative estimate of drug-likeness (QED) is 0.360. The van der Waals surface area contributed by atoms with Crippen LogP contribution in [0.4, 0.5) is 0 Å². The van der Waals surface area contributed by atoms with E-state index in [4.69, 9.17) is 9.47 Å². The van der Waals surface area contributed by atoms with E-state index in [2.05, 4.69) is 24.4 Å². The zero-order chi connectivity index (χ0) is 21.9. The highest BCUT2D eigenvalue weighted by atomic mass is 16.5. The summed E-state index contributed by atoms with van der Waals surface area (Å²) in [5, 5.41) is 4.00. The van der Waals surface area contributed by atoms with E-state index in [9.17, 15) is 4.79 Å². The van der Waals surface area contributed by atoms with Gasteiger partial charge >= 0.3 is 0 Å². The van der Waals surface area contributed by atoms with Crippen LogP contribution in [0, 0.1) is 0 Å². The number of amides is 1. The topological polar surface area (TPSA) is 59.9 Å². The summed E-state index contributed by atoms with van der Waals surface area (Å²) in [7, 11) is 0. The molecule has 0 spiro atoms. The molecule has 0 bridgehead atoms. The second-order valence-electron chi connectivity index (χ2n) is 7.31. The molecule has 0 fully saturated rings. The number of carbonyl (C=O) groups excluding carboxylic acids is 1. The van der Waals surface area contributed by atoms with Gasteiger partial charge in [0.15, 0.2) is 6.61 Å². The van der Waals surface area contributed by atoms with Gasteiger partial charge in [0.1, 0.15) is 18.1 Å². The number of hydrogen-bond donors (Lipinski definition) is 1. The smallest absolute Gasteiger partial charge is 0.277 e. The number of nitrogens with zero attached hydrogens (tertiary/aromatic N) is 1. The van der Waals surface area contributed by atoms with Crippen molar-refractivity contribution in [1.29, 1.82) is 0 Å². The molecule has 5 heteroatoms. The van der Waals surface area contributed by atoms with Crippen molar-refractivity contribution in [2.75, 3.05) is 6.61 Å². The first-order valence-corrected chi connectivity index (χ1v) is 10.5. The fourth-order valence-corrected chi connectivity index (χ4v) is 2.91. The monoisotopic (exact) mass is 416 g/mol. The lowest BCUT2D eigenvalue weighted by atomic mass is 9.99. The van der Waals surface area contributed by atoms with Crippen LogP contribution in [0.3, 0.4) is 0 Å². The van der Waals surface area contributed by atoms with E-state index in [1.54, 1.807) is 6.21 Å². The SMILES string of the molecule is CC[C@H](C)c1ccc(OCC(=O)N/N=C\c2cccc(OCc3ccccc3)c2)cc1. The van der Waals surface area contributed by atoms with Crippen LogP contribution in [0.5, 0.6) is 11.5 Å². The fraction of sp³-hybridized carbons (Fsp3) is 0.231. The summed E-state index contributed by atoms with van der Waals surface area (Å²) in [4.78, 5) is 12.0. The molecular weight excluding hydrogens is 388 g/mol. The van der Waals surface area contributed by atoms with Crippen LogP contribution in [0.25, 0.3) is 0 Å². The highest BCUT2D eigenvalue weighted by Gasteiger charge is 2.05. The third-order valence-electron chi connectivity index (χ3n) is 4.94. The Morgan fingerprint density at radius 1 is 0.968 bits per heavy atom. The van der Waals surface area contributed by atoms with Crippen molar-refractivity contribution < 1.29 is 14.3 Å². The second kappa shape index (κ2) is 11.6. The van der Waals surface area contributed by atoms with Crippen molar-refractivity contribution in [3.05, 3.63) is 95.6 Å². The van der Waals surface area contributed by atoms with E-state index in [1.807, 2.05) is 78.9 Å². The van der Waals surface area contributed by atoms with Gasteiger partial charge in [0, 0.05) is 0 Å². The molecule has 0 aliphatic rings. The molecule has 31 heavy (non-hydrogen) atoms. The third-order valence-corrected chi connectivity index (χ3v) is 4.94. The third kappa shape index (κ3) is 7.30. The minimum absolute atomic E-state index is 0.0970. The predicted molar refractivity (Wildman–Crippen MR) is 124 cm³/mol. The first-order valence-electron chi connectivity index (χ1n) is 10.5. The average molecular weight is 417 g/mol. The van der Waals surface area contributed by atoms with Gasteiger partial charge < -0.3 is 9.47 Å². The van der Waals surface area contributed by atoms with Gasteiger partial charge in [0.25, 0.3) is 5.91 Å². The van der Waals surface area contributed by atoms with Crippen LogP contribution in [0.15, 0.2) is 84.0 Å². The Bertz CT molecular complexity index is 985. The lowest BCUT2D eigenvalue weighted by Gasteiger charge is -2.10. The van der Waals surface area contributed by atoms with Crippen LogP contribution >= 0.6 is 0 Å². The molecule has 0 aliphatic carbocycles.